The van der Waals surface area contributed by atoms with Crippen molar-refractivity contribution in [2.45, 2.75) is 26.7 Å². The average Bonchev–Trinajstić information content (AvgIpc) is 2.39. The van der Waals surface area contributed by atoms with Crippen LogP contribution in [0.25, 0.3) is 0 Å². The fourth-order valence-electron chi connectivity index (χ4n) is 2.66. The maximum Gasteiger partial charge on any atom is 0.123 e. The van der Waals surface area contributed by atoms with E-state index in [-0.39, 0.29) is 5.82 Å². The van der Waals surface area contributed by atoms with Crippen molar-refractivity contribution < 1.29 is 4.39 Å². The number of halogens is 2. The van der Waals surface area contributed by atoms with Gasteiger partial charge in [-0.15, -0.1) is 0 Å². The summed E-state index contributed by atoms with van der Waals surface area (Å²) in [5, 5.41) is 0.956. The molecule has 106 valence electrons. The van der Waals surface area contributed by atoms with E-state index >= 15 is 0 Å². The van der Waals surface area contributed by atoms with Crippen molar-refractivity contribution >= 4 is 15.9 Å². The zero-order valence-corrected chi connectivity index (χ0v) is 13.6. The molecule has 1 unspecified atom stereocenters. The van der Waals surface area contributed by atoms with E-state index in [1.807, 2.05) is 12.1 Å². The number of aryl methyl sites for hydroxylation is 2. The molecule has 0 aromatic heterocycles. The van der Waals surface area contributed by atoms with E-state index in [0.717, 1.165) is 18.2 Å². The summed E-state index contributed by atoms with van der Waals surface area (Å²) in [7, 11) is 0. The first-order valence-electron chi connectivity index (χ1n) is 6.94. The van der Waals surface area contributed by atoms with Crippen LogP contribution in [-0.4, -0.2) is 5.33 Å². The van der Waals surface area contributed by atoms with Crippen molar-refractivity contribution in [3.63, 3.8) is 0 Å². The first kappa shape index (κ1) is 15.2. The van der Waals surface area contributed by atoms with Crippen LogP contribution in [-0.2, 0) is 12.8 Å². The number of hydrogen-bond donors (Lipinski definition) is 0. The summed E-state index contributed by atoms with van der Waals surface area (Å²) in [5.74, 6) is 0.361. The van der Waals surface area contributed by atoms with Gasteiger partial charge in [-0.3, -0.25) is 0 Å². The highest BCUT2D eigenvalue weighted by molar-refractivity contribution is 9.09. The van der Waals surface area contributed by atoms with Crippen LogP contribution in [0.15, 0.2) is 42.5 Å². The van der Waals surface area contributed by atoms with Gasteiger partial charge in [0.1, 0.15) is 5.82 Å². The number of rotatable bonds is 5. The second-order valence-corrected chi connectivity index (χ2v) is 6.20. The highest BCUT2D eigenvalue weighted by Crippen LogP contribution is 2.19. The van der Waals surface area contributed by atoms with Crippen molar-refractivity contribution in [2.24, 2.45) is 5.92 Å². The minimum absolute atomic E-state index is 0.168. The minimum atomic E-state index is -0.168. The molecule has 2 aromatic carbocycles. The predicted octanol–water partition coefficient (Wildman–Crippen LogP) is 5.24. The number of benzene rings is 2. The van der Waals surface area contributed by atoms with Crippen LogP contribution in [0.5, 0.6) is 0 Å². The van der Waals surface area contributed by atoms with Gasteiger partial charge < -0.3 is 0 Å². The van der Waals surface area contributed by atoms with Crippen LogP contribution in [0.2, 0.25) is 0 Å². The predicted molar refractivity (Wildman–Crippen MR) is 87.0 cm³/mol. The summed E-state index contributed by atoms with van der Waals surface area (Å²) in [5.41, 5.74) is 5.21. The van der Waals surface area contributed by atoms with Gasteiger partial charge in [0, 0.05) is 5.33 Å². The van der Waals surface area contributed by atoms with Gasteiger partial charge in [-0.1, -0.05) is 57.4 Å². The van der Waals surface area contributed by atoms with Crippen LogP contribution < -0.4 is 0 Å². The maximum atomic E-state index is 12.9. The Bertz CT molecular complexity index is 540. The van der Waals surface area contributed by atoms with E-state index in [2.05, 4.69) is 48.0 Å². The molecule has 0 radical (unpaired) electrons. The van der Waals surface area contributed by atoms with Gasteiger partial charge in [0.25, 0.3) is 0 Å². The lowest BCUT2D eigenvalue weighted by Crippen LogP contribution is -2.10. The van der Waals surface area contributed by atoms with Gasteiger partial charge in [-0.25, -0.2) is 4.39 Å². The van der Waals surface area contributed by atoms with Crippen molar-refractivity contribution in [2.75, 3.05) is 5.33 Å². The minimum Gasteiger partial charge on any atom is -0.207 e. The molecule has 0 heterocycles. The Labute approximate surface area is 129 Å². The molecule has 0 saturated heterocycles. The monoisotopic (exact) mass is 334 g/mol. The van der Waals surface area contributed by atoms with E-state index in [1.165, 1.54) is 34.4 Å². The zero-order chi connectivity index (χ0) is 14.5. The molecule has 0 N–H and O–H groups in total. The van der Waals surface area contributed by atoms with Gasteiger partial charge in [0.05, 0.1) is 0 Å². The summed E-state index contributed by atoms with van der Waals surface area (Å²) in [6.45, 7) is 4.28. The fraction of sp³-hybridized carbons (Fsp3) is 0.333. The van der Waals surface area contributed by atoms with Crippen LogP contribution in [0.4, 0.5) is 4.39 Å². The van der Waals surface area contributed by atoms with Crippen molar-refractivity contribution in [1.82, 2.24) is 0 Å². The van der Waals surface area contributed by atoms with Gasteiger partial charge in [-0.2, -0.15) is 0 Å². The van der Waals surface area contributed by atoms with E-state index in [9.17, 15) is 4.39 Å². The highest BCUT2D eigenvalue weighted by Gasteiger charge is 2.10. The smallest absolute Gasteiger partial charge is 0.123 e. The largest absolute Gasteiger partial charge is 0.207 e. The Morgan fingerprint density at radius 1 is 0.900 bits per heavy atom. The molecule has 0 bridgehead atoms. The molecular formula is C18H20BrF. The zero-order valence-electron chi connectivity index (χ0n) is 12.0. The van der Waals surface area contributed by atoms with Crippen LogP contribution in [0.3, 0.4) is 0 Å². The molecule has 2 heteroatoms. The van der Waals surface area contributed by atoms with Crippen molar-refractivity contribution in [3.8, 4) is 0 Å². The summed E-state index contributed by atoms with van der Waals surface area (Å²) in [6.07, 6.45) is 2.02. The molecule has 1 atom stereocenters. The lowest BCUT2D eigenvalue weighted by atomic mass is 9.93. The molecule has 2 aromatic rings. The van der Waals surface area contributed by atoms with E-state index in [4.69, 9.17) is 0 Å². The number of hydrogen-bond acceptors (Lipinski definition) is 0. The first-order valence-corrected chi connectivity index (χ1v) is 8.06. The molecular weight excluding hydrogens is 315 g/mol. The Kier molecular flexibility index (Phi) is 5.36. The van der Waals surface area contributed by atoms with Gasteiger partial charge >= 0.3 is 0 Å². The molecule has 0 fully saturated rings. The molecule has 0 aliphatic carbocycles. The van der Waals surface area contributed by atoms with E-state index < -0.39 is 0 Å². The molecule has 0 aliphatic heterocycles. The molecule has 0 saturated carbocycles. The maximum absolute atomic E-state index is 12.9. The SMILES string of the molecule is Cc1cc(C)cc(CC(CBr)Cc2ccc(F)cc2)c1. The summed E-state index contributed by atoms with van der Waals surface area (Å²) >= 11 is 3.61. The third-order valence-electron chi connectivity index (χ3n) is 3.46. The Balaban J connectivity index is 2.06. The second kappa shape index (κ2) is 7.03. The summed E-state index contributed by atoms with van der Waals surface area (Å²) in [4.78, 5) is 0. The average molecular weight is 335 g/mol. The lowest BCUT2D eigenvalue weighted by molar-refractivity contribution is 0.587. The van der Waals surface area contributed by atoms with Gasteiger partial charge in [0.15, 0.2) is 0 Å². The molecule has 0 aliphatic rings. The normalized spacial score (nSPS) is 12.4. The van der Waals surface area contributed by atoms with E-state index in [0.29, 0.717) is 5.92 Å². The molecule has 2 rings (SSSR count). The molecule has 0 amide bonds. The van der Waals surface area contributed by atoms with Crippen LogP contribution in [0, 0.1) is 25.6 Å². The molecule has 20 heavy (non-hydrogen) atoms. The summed E-state index contributed by atoms with van der Waals surface area (Å²) in [6, 6.07) is 13.6. The second-order valence-electron chi connectivity index (χ2n) is 5.55. The molecule has 0 spiro atoms. The standard InChI is InChI=1S/C18H20BrF/c1-13-7-14(2)9-16(8-13)11-17(12-19)10-15-3-5-18(20)6-4-15/h3-9,17H,10-12H2,1-2H3. The van der Waals surface area contributed by atoms with Gasteiger partial charge in [-0.05, 0) is 55.9 Å². The quantitative estimate of drug-likeness (QED) is 0.656. The Morgan fingerprint density at radius 2 is 1.45 bits per heavy atom. The fourth-order valence-corrected chi connectivity index (χ4v) is 3.11. The molecule has 0 nitrogen and oxygen atoms in total. The lowest BCUT2D eigenvalue weighted by Gasteiger charge is -2.15. The number of alkyl halides is 1. The van der Waals surface area contributed by atoms with Crippen molar-refractivity contribution in [3.05, 3.63) is 70.5 Å². The third-order valence-corrected chi connectivity index (χ3v) is 4.38. The van der Waals surface area contributed by atoms with Gasteiger partial charge in [0.2, 0.25) is 0 Å². The topological polar surface area (TPSA) is 0 Å². The Morgan fingerprint density at radius 3 is 2.00 bits per heavy atom. The summed E-state index contributed by atoms with van der Waals surface area (Å²) < 4.78 is 12.9. The van der Waals surface area contributed by atoms with Crippen LogP contribution >= 0.6 is 15.9 Å². The third kappa shape index (κ3) is 4.45. The van der Waals surface area contributed by atoms with Crippen molar-refractivity contribution in [1.29, 1.82) is 0 Å². The van der Waals surface area contributed by atoms with Crippen LogP contribution in [0.1, 0.15) is 22.3 Å². The van der Waals surface area contributed by atoms with E-state index in [1.54, 1.807) is 0 Å². The first-order chi connectivity index (χ1) is 9.56. The highest BCUT2D eigenvalue weighted by atomic mass is 79.9. The Hall–Kier alpha value is -1.15.